The normalized spacial score (nSPS) is 16.1. The van der Waals surface area contributed by atoms with E-state index in [1.165, 1.54) is 7.11 Å². The first-order valence-electron chi connectivity index (χ1n) is 6.41. The minimum absolute atomic E-state index is 0.267. The minimum Gasteiger partial charge on any atom is -0.317 e. The van der Waals surface area contributed by atoms with Crippen LogP contribution in [0.1, 0.15) is 24.3 Å². The molecule has 1 amide bonds. The van der Waals surface area contributed by atoms with E-state index in [9.17, 15) is 9.59 Å². The number of nitrogens with zero attached hydrogens (tertiary/aromatic N) is 1. The summed E-state index contributed by atoms with van der Waals surface area (Å²) >= 11 is 0. The quantitative estimate of drug-likeness (QED) is 0.504. The van der Waals surface area contributed by atoms with Gasteiger partial charge in [-0.3, -0.25) is 14.4 Å². The van der Waals surface area contributed by atoms with Crippen LogP contribution < -0.4 is 10.4 Å². The lowest BCUT2D eigenvalue weighted by atomic mass is 9.89. The van der Waals surface area contributed by atoms with Crippen molar-refractivity contribution >= 4 is 17.9 Å². The van der Waals surface area contributed by atoms with Crippen LogP contribution in [0, 0.1) is 0 Å². The summed E-state index contributed by atoms with van der Waals surface area (Å²) in [4.78, 5) is 27.3. The van der Waals surface area contributed by atoms with Gasteiger partial charge in [0.25, 0.3) is 0 Å². The monoisotopic (exact) mass is 262 g/mol. The number of anilines is 1. The molecule has 2 rings (SSSR count). The summed E-state index contributed by atoms with van der Waals surface area (Å²) in [5.74, 6) is -0.307. The Kier molecular flexibility index (Phi) is 4.65. The molecule has 0 spiro atoms. The van der Waals surface area contributed by atoms with Gasteiger partial charge in [-0.2, -0.15) is 5.06 Å². The molecule has 1 saturated heterocycles. The third-order valence-electron chi connectivity index (χ3n) is 3.42. The van der Waals surface area contributed by atoms with Crippen molar-refractivity contribution in [3.8, 4) is 0 Å². The number of rotatable bonds is 4. The van der Waals surface area contributed by atoms with E-state index >= 15 is 0 Å². The lowest BCUT2D eigenvalue weighted by molar-refractivity contribution is -0.133. The summed E-state index contributed by atoms with van der Waals surface area (Å²) in [5.41, 5.74) is 1.72. The van der Waals surface area contributed by atoms with E-state index in [0.29, 0.717) is 11.6 Å². The molecule has 0 atom stereocenters. The summed E-state index contributed by atoms with van der Waals surface area (Å²) in [6, 6.07) is 7.59. The predicted octanol–water partition coefficient (Wildman–Crippen LogP) is 1.25. The van der Waals surface area contributed by atoms with Crippen LogP contribution in [0.3, 0.4) is 0 Å². The molecule has 1 aromatic carbocycles. The van der Waals surface area contributed by atoms with Gasteiger partial charge in [-0.15, -0.1) is 0 Å². The van der Waals surface area contributed by atoms with Crippen LogP contribution >= 0.6 is 0 Å². The Morgan fingerprint density at radius 3 is 2.68 bits per heavy atom. The lowest BCUT2D eigenvalue weighted by Gasteiger charge is -2.27. The highest BCUT2D eigenvalue weighted by atomic mass is 16.7. The molecule has 5 nitrogen and oxygen atoms in total. The van der Waals surface area contributed by atoms with E-state index in [4.69, 9.17) is 4.84 Å². The molecule has 1 aliphatic rings. The van der Waals surface area contributed by atoms with Crippen molar-refractivity contribution in [3.63, 3.8) is 0 Å². The van der Waals surface area contributed by atoms with Gasteiger partial charge >= 0.3 is 5.91 Å². The van der Waals surface area contributed by atoms with Crippen molar-refractivity contribution in [2.75, 3.05) is 25.3 Å². The molecule has 0 radical (unpaired) electrons. The number of carbonyl (C=O) groups excluding carboxylic acids is 2. The summed E-state index contributed by atoms with van der Waals surface area (Å²) in [6.07, 6.45) is 2.30. The first kappa shape index (κ1) is 13.7. The molecule has 1 aromatic rings. The van der Waals surface area contributed by atoms with Gasteiger partial charge in [-0.25, -0.2) is 0 Å². The third kappa shape index (κ3) is 3.00. The van der Waals surface area contributed by atoms with Crippen molar-refractivity contribution in [3.05, 3.63) is 29.8 Å². The fraction of sp³-hybridized carbons (Fsp3) is 0.429. The van der Waals surface area contributed by atoms with Crippen LogP contribution in [0.5, 0.6) is 0 Å². The number of amides is 1. The predicted molar refractivity (Wildman–Crippen MR) is 71.8 cm³/mol. The molecule has 5 heteroatoms. The van der Waals surface area contributed by atoms with Gasteiger partial charge in [0.15, 0.2) is 0 Å². The highest BCUT2D eigenvalue weighted by Gasteiger charge is 2.23. The third-order valence-corrected chi connectivity index (χ3v) is 3.42. The number of benzene rings is 1. The molecule has 102 valence electrons. The Morgan fingerprint density at radius 2 is 2.05 bits per heavy atom. The van der Waals surface area contributed by atoms with Gasteiger partial charge in [0.2, 0.25) is 6.29 Å². The van der Waals surface area contributed by atoms with Crippen molar-refractivity contribution in [2.24, 2.45) is 0 Å². The number of piperidine rings is 1. The number of carbonyl (C=O) groups is 2. The largest absolute Gasteiger partial charge is 0.317 e. The molecule has 1 N–H and O–H groups in total. The van der Waals surface area contributed by atoms with Crippen molar-refractivity contribution in [2.45, 2.75) is 18.8 Å². The maximum atomic E-state index is 11.6. The van der Waals surface area contributed by atoms with E-state index < -0.39 is 5.91 Å². The second kappa shape index (κ2) is 6.45. The summed E-state index contributed by atoms with van der Waals surface area (Å²) in [6.45, 7) is 1.93. The van der Waals surface area contributed by atoms with Gasteiger partial charge < -0.3 is 5.32 Å². The zero-order valence-corrected chi connectivity index (χ0v) is 11.0. The fourth-order valence-corrected chi connectivity index (χ4v) is 2.51. The van der Waals surface area contributed by atoms with Crippen molar-refractivity contribution in [1.82, 2.24) is 5.32 Å². The molecular formula is C14H18N2O3. The van der Waals surface area contributed by atoms with Crippen LogP contribution in [0.4, 0.5) is 5.69 Å². The summed E-state index contributed by atoms with van der Waals surface area (Å²) in [7, 11) is 1.39. The molecule has 1 fully saturated rings. The lowest BCUT2D eigenvalue weighted by Crippen LogP contribution is -2.33. The zero-order chi connectivity index (χ0) is 13.7. The van der Waals surface area contributed by atoms with Gasteiger partial charge in [0.05, 0.1) is 12.8 Å². The highest BCUT2D eigenvalue weighted by molar-refractivity contribution is 6.29. The highest BCUT2D eigenvalue weighted by Crippen LogP contribution is 2.33. The van der Waals surface area contributed by atoms with Crippen LogP contribution in [-0.2, 0) is 14.4 Å². The van der Waals surface area contributed by atoms with E-state index in [-0.39, 0.29) is 6.29 Å². The Bertz CT molecular complexity index is 456. The maximum absolute atomic E-state index is 11.6. The maximum Gasteiger partial charge on any atom is 0.314 e. The van der Waals surface area contributed by atoms with Crippen molar-refractivity contribution in [1.29, 1.82) is 0 Å². The van der Waals surface area contributed by atoms with Gasteiger partial charge in [-0.05, 0) is 43.5 Å². The van der Waals surface area contributed by atoms with E-state index in [2.05, 4.69) is 5.32 Å². The Morgan fingerprint density at radius 1 is 1.37 bits per heavy atom. The van der Waals surface area contributed by atoms with Crippen LogP contribution in [0.15, 0.2) is 24.3 Å². The zero-order valence-electron chi connectivity index (χ0n) is 11.0. The number of hydrogen-bond donors (Lipinski definition) is 1. The van der Waals surface area contributed by atoms with Crippen molar-refractivity contribution < 1.29 is 14.4 Å². The molecule has 1 heterocycles. The Hall–Kier alpha value is -1.72. The number of hydroxylamine groups is 1. The number of hydrogen-bond acceptors (Lipinski definition) is 4. The van der Waals surface area contributed by atoms with E-state index in [1.807, 2.05) is 24.3 Å². The molecule has 0 saturated carbocycles. The Labute approximate surface area is 112 Å². The average molecular weight is 262 g/mol. The molecular weight excluding hydrogens is 244 g/mol. The van der Waals surface area contributed by atoms with Gasteiger partial charge in [0.1, 0.15) is 0 Å². The smallest absolute Gasteiger partial charge is 0.314 e. The molecule has 0 unspecified atom stereocenters. The second-order valence-corrected chi connectivity index (χ2v) is 4.52. The standard InChI is InChI=1S/C14H18N2O3/c1-19-16(14(18)10-17)13-5-3-2-4-12(13)11-6-8-15-9-7-11/h2-5,10-11,15H,6-9H2,1H3. The van der Waals surface area contributed by atoms with Gasteiger partial charge in [0, 0.05) is 0 Å². The van der Waals surface area contributed by atoms with E-state index in [1.54, 1.807) is 0 Å². The molecule has 19 heavy (non-hydrogen) atoms. The summed E-state index contributed by atoms with van der Waals surface area (Å²) < 4.78 is 0. The van der Waals surface area contributed by atoms with Crippen LogP contribution in [-0.4, -0.2) is 32.4 Å². The second-order valence-electron chi connectivity index (χ2n) is 4.52. The average Bonchev–Trinajstić information content (AvgIpc) is 2.49. The molecule has 0 aliphatic carbocycles. The first-order valence-corrected chi connectivity index (χ1v) is 6.41. The molecule has 0 aromatic heterocycles. The molecule has 1 aliphatic heterocycles. The number of para-hydroxylation sites is 1. The fourth-order valence-electron chi connectivity index (χ4n) is 2.51. The van der Waals surface area contributed by atoms with Gasteiger partial charge in [-0.1, -0.05) is 18.2 Å². The SMILES string of the molecule is CON(C(=O)C=O)c1ccccc1C1CCNCC1. The van der Waals surface area contributed by atoms with Crippen LogP contribution in [0.2, 0.25) is 0 Å². The van der Waals surface area contributed by atoms with Crippen LogP contribution in [0.25, 0.3) is 0 Å². The Balaban J connectivity index is 2.33. The number of aldehydes is 1. The number of nitrogens with one attached hydrogen (secondary N) is 1. The minimum atomic E-state index is -0.691. The summed E-state index contributed by atoms with van der Waals surface area (Å²) in [5, 5.41) is 4.37. The van der Waals surface area contributed by atoms with E-state index in [0.717, 1.165) is 36.6 Å². The first-order chi connectivity index (χ1) is 9.27. The topological polar surface area (TPSA) is 58.6 Å². The molecule has 0 bridgehead atoms.